The number of rotatable bonds is 2. The molecule has 1 heterocycles. The van der Waals surface area contributed by atoms with Gasteiger partial charge in [0.1, 0.15) is 11.6 Å². The Bertz CT molecular complexity index is 523. The van der Waals surface area contributed by atoms with Crippen LogP contribution in [0.5, 0.6) is 0 Å². The molecule has 16 heavy (non-hydrogen) atoms. The Morgan fingerprint density at radius 2 is 2.00 bits per heavy atom. The van der Waals surface area contributed by atoms with E-state index in [1.54, 1.807) is 17.6 Å². The minimum absolute atomic E-state index is 0.0292. The van der Waals surface area contributed by atoms with E-state index in [0.717, 1.165) is 23.9 Å². The van der Waals surface area contributed by atoms with Crippen molar-refractivity contribution >= 4 is 23.1 Å². The number of hydrogen-bond acceptors (Lipinski definition) is 4. The van der Waals surface area contributed by atoms with Crippen LogP contribution in [0.4, 0.5) is 8.78 Å². The first kappa shape index (κ1) is 11.0. The third kappa shape index (κ3) is 2.21. The van der Waals surface area contributed by atoms with E-state index < -0.39 is 11.6 Å². The second-order valence-corrected chi connectivity index (χ2v) is 4.93. The van der Waals surface area contributed by atoms with Gasteiger partial charge in [-0.1, -0.05) is 11.8 Å². The first-order chi connectivity index (χ1) is 7.70. The first-order valence-electron chi connectivity index (χ1n) is 4.17. The molecule has 6 heteroatoms. The zero-order valence-corrected chi connectivity index (χ0v) is 9.41. The molecule has 0 aliphatic heterocycles. The topological polar surface area (TPSA) is 36.7 Å². The van der Waals surface area contributed by atoms with Crippen molar-refractivity contribution < 1.29 is 8.78 Å². The number of thiazole rings is 1. The maximum absolute atomic E-state index is 13.5. The Morgan fingerprint density at radius 3 is 2.50 bits per heavy atom. The smallest absolute Gasteiger partial charge is 0.154 e. The van der Waals surface area contributed by atoms with Gasteiger partial charge < -0.3 is 0 Å². The quantitative estimate of drug-likeness (QED) is 0.823. The van der Waals surface area contributed by atoms with Crippen LogP contribution in [0.25, 0.3) is 0 Å². The molecule has 0 spiro atoms. The summed E-state index contributed by atoms with van der Waals surface area (Å²) in [5.41, 5.74) is -0.0292. The minimum atomic E-state index is -0.739. The van der Waals surface area contributed by atoms with E-state index in [4.69, 9.17) is 5.26 Å². The summed E-state index contributed by atoms with van der Waals surface area (Å²) in [5.74, 6) is -1.48. The van der Waals surface area contributed by atoms with Crippen LogP contribution >= 0.6 is 23.1 Å². The summed E-state index contributed by atoms with van der Waals surface area (Å²) in [6.07, 6.45) is 1.56. The van der Waals surface area contributed by atoms with Crippen molar-refractivity contribution in [2.75, 3.05) is 0 Å². The summed E-state index contributed by atoms with van der Waals surface area (Å²) < 4.78 is 27.5. The fourth-order valence-electron chi connectivity index (χ4n) is 1.07. The van der Waals surface area contributed by atoms with E-state index in [9.17, 15) is 8.78 Å². The van der Waals surface area contributed by atoms with Gasteiger partial charge in [-0.25, -0.2) is 13.8 Å². The molecule has 0 amide bonds. The lowest BCUT2D eigenvalue weighted by atomic mass is 10.2. The first-order valence-corrected chi connectivity index (χ1v) is 5.87. The van der Waals surface area contributed by atoms with Crippen LogP contribution in [0.1, 0.15) is 5.56 Å². The summed E-state index contributed by atoms with van der Waals surface area (Å²) in [6, 6.07) is 3.72. The van der Waals surface area contributed by atoms with Crippen molar-refractivity contribution in [3.8, 4) is 6.07 Å². The fraction of sp³-hybridized carbons (Fsp3) is 0. The van der Waals surface area contributed by atoms with E-state index in [1.165, 1.54) is 11.3 Å². The van der Waals surface area contributed by atoms with Crippen molar-refractivity contribution in [2.45, 2.75) is 9.24 Å². The Hall–Kier alpha value is -1.45. The molecule has 80 valence electrons. The van der Waals surface area contributed by atoms with E-state index in [0.29, 0.717) is 4.34 Å². The molecular formula is C10H4F2N2S2. The highest BCUT2D eigenvalue weighted by molar-refractivity contribution is 8.01. The predicted molar refractivity (Wildman–Crippen MR) is 57.3 cm³/mol. The molecule has 0 N–H and O–H groups in total. The maximum atomic E-state index is 13.5. The Morgan fingerprint density at radius 1 is 1.31 bits per heavy atom. The van der Waals surface area contributed by atoms with Crippen molar-refractivity contribution in [3.05, 3.63) is 40.9 Å². The number of nitrogens with zero attached hydrogens (tertiary/aromatic N) is 2. The van der Waals surface area contributed by atoms with Crippen LogP contribution in [-0.2, 0) is 0 Å². The molecule has 0 aliphatic rings. The summed E-state index contributed by atoms with van der Waals surface area (Å²) in [7, 11) is 0. The standard InChI is InChI=1S/C10H4F2N2S2/c11-7-3-6(5-13)4-8(12)9(7)16-10-14-1-2-15-10/h1-4H. The van der Waals surface area contributed by atoms with Crippen molar-refractivity contribution in [3.63, 3.8) is 0 Å². The summed E-state index contributed by atoms with van der Waals surface area (Å²) in [5, 5.41) is 10.3. The van der Waals surface area contributed by atoms with Gasteiger partial charge in [-0.2, -0.15) is 5.26 Å². The summed E-state index contributed by atoms with van der Waals surface area (Å²) in [4.78, 5) is 3.79. The third-order valence-corrected chi connectivity index (χ3v) is 3.70. The Kier molecular flexibility index (Phi) is 3.17. The molecule has 0 bridgehead atoms. The van der Waals surface area contributed by atoms with Crippen LogP contribution in [0.2, 0.25) is 0 Å². The number of nitriles is 1. The van der Waals surface area contributed by atoms with Gasteiger partial charge in [-0.05, 0) is 12.1 Å². The van der Waals surface area contributed by atoms with Crippen LogP contribution in [-0.4, -0.2) is 4.98 Å². The van der Waals surface area contributed by atoms with Crippen LogP contribution in [0.15, 0.2) is 32.9 Å². The highest BCUT2D eigenvalue weighted by Crippen LogP contribution is 2.33. The van der Waals surface area contributed by atoms with E-state index >= 15 is 0 Å². The molecule has 1 aromatic heterocycles. The Labute approximate surface area is 98.6 Å². The summed E-state index contributed by atoms with van der Waals surface area (Å²) >= 11 is 2.21. The number of benzene rings is 1. The van der Waals surface area contributed by atoms with Crippen molar-refractivity contribution in [2.24, 2.45) is 0 Å². The van der Waals surface area contributed by atoms with Gasteiger partial charge in [0.15, 0.2) is 4.34 Å². The highest BCUT2D eigenvalue weighted by atomic mass is 32.2. The molecule has 0 atom stereocenters. The van der Waals surface area contributed by atoms with Gasteiger partial charge in [-0.15, -0.1) is 11.3 Å². The molecule has 0 aliphatic carbocycles. The monoisotopic (exact) mass is 254 g/mol. The average Bonchev–Trinajstić information content (AvgIpc) is 2.75. The number of hydrogen-bond donors (Lipinski definition) is 0. The molecule has 2 rings (SSSR count). The van der Waals surface area contributed by atoms with Gasteiger partial charge in [0, 0.05) is 11.6 Å². The molecule has 2 nitrogen and oxygen atoms in total. The van der Waals surface area contributed by atoms with Crippen LogP contribution < -0.4 is 0 Å². The third-order valence-electron chi connectivity index (χ3n) is 1.73. The van der Waals surface area contributed by atoms with Gasteiger partial charge in [0.2, 0.25) is 0 Å². The van der Waals surface area contributed by atoms with Gasteiger partial charge in [0.05, 0.1) is 16.5 Å². The lowest BCUT2D eigenvalue weighted by Crippen LogP contribution is -1.89. The molecule has 0 radical (unpaired) electrons. The fourth-order valence-corrected chi connectivity index (χ4v) is 2.64. The van der Waals surface area contributed by atoms with E-state index in [2.05, 4.69) is 4.98 Å². The van der Waals surface area contributed by atoms with Crippen molar-refractivity contribution in [1.29, 1.82) is 5.26 Å². The molecule has 0 unspecified atom stereocenters. The lowest BCUT2D eigenvalue weighted by Gasteiger charge is -2.02. The second kappa shape index (κ2) is 4.60. The zero-order valence-electron chi connectivity index (χ0n) is 7.78. The van der Waals surface area contributed by atoms with E-state index in [-0.39, 0.29) is 10.5 Å². The van der Waals surface area contributed by atoms with Crippen LogP contribution in [0, 0.1) is 23.0 Å². The lowest BCUT2D eigenvalue weighted by molar-refractivity contribution is 0.540. The maximum Gasteiger partial charge on any atom is 0.154 e. The molecule has 0 saturated heterocycles. The largest absolute Gasteiger partial charge is 0.238 e. The zero-order chi connectivity index (χ0) is 11.5. The van der Waals surface area contributed by atoms with Crippen molar-refractivity contribution in [1.82, 2.24) is 4.98 Å². The number of halogens is 2. The van der Waals surface area contributed by atoms with Gasteiger partial charge in [-0.3, -0.25) is 0 Å². The van der Waals surface area contributed by atoms with Crippen LogP contribution in [0.3, 0.4) is 0 Å². The van der Waals surface area contributed by atoms with Gasteiger partial charge in [0.25, 0.3) is 0 Å². The molecule has 0 fully saturated rings. The normalized spacial score (nSPS) is 10.1. The molecule has 0 saturated carbocycles. The van der Waals surface area contributed by atoms with Gasteiger partial charge >= 0.3 is 0 Å². The molecule has 2 aromatic rings. The Balaban J connectivity index is 2.39. The summed E-state index contributed by atoms with van der Waals surface area (Å²) in [6.45, 7) is 0. The minimum Gasteiger partial charge on any atom is -0.238 e. The predicted octanol–water partition coefficient (Wildman–Crippen LogP) is 3.44. The van der Waals surface area contributed by atoms with E-state index in [1.807, 2.05) is 0 Å². The molecule has 1 aromatic carbocycles. The SMILES string of the molecule is N#Cc1cc(F)c(Sc2nccs2)c(F)c1. The number of aromatic nitrogens is 1. The average molecular weight is 254 g/mol. The highest BCUT2D eigenvalue weighted by Gasteiger charge is 2.13. The molecular weight excluding hydrogens is 250 g/mol. The second-order valence-electron chi connectivity index (χ2n) is 2.78.